The van der Waals surface area contributed by atoms with Gasteiger partial charge in [0.15, 0.2) is 0 Å². The molecule has 0 aromatic heterocycles. The Labute approximate surface area is 170 Å². The molecule has 0 aliphatic carbocycles. The van der Waals surface area contributed by atoms with Crippen LogP contribution < -0.4 is 4.90 Å². The quantitative estimate of drug-likeness (QED) is 0.602. The van der Waals surface area contributed by atoms with Crippen molar-refractivity contribution in [1.29, 1.82) is 0 Å². The predicted octanol–water partition coefficient (Wildman–Crippen LogP) is 4.15. The van der Waals surface area contributed by atoms with Crippen molar-refractivity contribution < 1.29 is 9.59 Å². The van der Waals surface area contributed by atoms with Crippen LogP contribution in [-0.2, 0) is 16.0 Å². The van der Waals surface area contributed by atoms with E-state index in [-0.39, 0.29) is 11.8 Å². The molecular formula is C25H22N2O2. The zero-order valence-electron chi connectivity index (χ0n) is 16.3. The Kier molecular flexibility index (Phi) is 5.25. The van der Waals surface area contributed by atoms with E-state index >= 15 is 0 Å². The van der Waals surface area contributed by atoms with Crippen LogP contribution in [0.5, 0.6) is 0 Å². The molecule has 0 fully saturated rings. The lowest BCUT2D eigenvalue weighted by Crippen LogP contribution is -2.35. The second kappa shape index (κ2) is 8.15. The highest BCUT2D eigenvalue weighted by Crippen LogP contribution is 2.33. The lowest BCUT2D eigenvalue weighted by molar-refractivity contribution is -0.136. The van der Waals surface area contributed by atoms with Crippen molar-refractivity contribution in [3.63, 3.8) is 0 Å². The Morgan fingerprint density at radius 3 is 1.90 bits per heavy atom. The normalized spacial score (nSPS) is 13.9. The highest BCUT2D eigenvalue weighted by atomic mass is 16.2. The van der Waals surface area contributed by atoms with Crippen LogP contribution in [-0.4, -0.2) is 30.3 Å². The topological polar surface area (TPSA) is 40.6 Å². The third kappa shape index (κ3) is 3.69. The van der Waals surface area contributed by atoms with Gasteiger partial charge in [-0.25, -0.2) is 0 Å². The second-order valence-electron chi connectivity index (χ2n) is 6.98. The molecule has 4 heteroatoms. The number of anilines is 1. The zero-order chi connectivity index (χ0) is 20.2. The standard InChI is InChI=1S/C25H22N2O2/c1-26(21-15-9-4-10-16-21)23-22(20-13-7-3-8-14-20)24(28)27(25(23)29)18-17-19-11-5-2-6-12-19/h2-16H,17-18H2,1H3. The summed E-state index contributed by atoms with van der Waals surface area (Å²) in [6, 6.07) is 28.9. The molecule has 0 spiro atoms. The molecule has 1 aliphatic heterocycles. The summed E-state index contributed by atoms with van der Waals surface area (Å²) in [6.07, 6.45) is 0.628. The third-order valence-corrected chi connectivity index (χ3v) is 5.15. The Balaban J connectivity index is 1.70. The molecule has 3 aromatic carbocycles. The van der Waals surface area contributed by atoms with Crippen molar-refractivity contribution in [3.8, 4) is 0 Å². The number of amides is 2. The van der Waals surface area contributed by atoms with Gasteiger partial charge in [-0.15, -0.1) is 0 Å². The van der Waals surface area contributed by atoms with Crippen LogP contribution >= 0.6 is 0 Å². The van der Waals surface area contributed by atoms with Crippen LogP contribution in [0.2, 0.25) is 0 Å². The van der Waals surface area contributed by atoms with Crippen LogP contribution in [0.25, 0.3) is 5.57 Å². The fraction of sp³-hybridized carbons (Fsp3) is 0.120. The van der Waals surface area contributed by atoms with Crippen molar-refractivity contribution in [2.75, 3.05) is 18.5 Å². The number of imide groups is 1. The smallest absolute Gasteiger partial charge is 0.278 e. The number of carbonyl (C=O) groups excluding carboxylic acids is 2. The van der Waals surface area contributed by atoms with Crippen LogP contribution in [0.1, 0.15) is 11.1 Å². The number of hydrogen-bond donors (Lipinski definition) is 0. The van der Waals surface area contributed by atoms with E-state index in [0.29, 0.717) is 24.2 Å². The molecule has 29 heavy (non-hydrogen) atoms. The van der Waals surface area contributed by atoms with E-state index in [1.165, 1.54) is 4.90 Å². The predicted molar refractivity (Wildman–Crippen MR) is 115 cm³/mol. The van der Waals surface area contributed by atoms with E-state index < -0.39 is 0 Å². The van der Waals surface area contributed by atoms with E-state index in [4.69, 9.17) is 0 Å². The number of nitrogens with zero attached hydrogens (tertiary/aromatic N) is 2. The summed E-state index contributed by atoms with van der Waals surface area (Å²) in [6.45, 7) is 0.351. The number of benzene rings is 3. The highest BCUT2D eigenvalue weighted by Gasteiger charge is 2.40. The maximum absolute atomic E-state index is 13.3. The summed E-state index contributed by atoms with van der Waals surface area (Å²) in [5.41, 5.74) is 3.59. The van der Waals surface area contributed by atoms with Gasteiger partial charge in [-0.1, -0.05) is 78.9 Å². The fourth-order valence-corrected chi connectivity index (χ4v) is 3.61. The summed E-state index contributed by atoms with van der Waals surface area (Å²) in [5, 5.41) is 0. The van der Waals surface area contributed by atoms with E-state index in [0.717, 1.165) is 16.8 Å². The minimum atomic E-state index is -0.254. The monoisotopic (exact) mass is 382 g/mol. The van der Waals surface area contributed by atoms with Gasteiger partial charge in [0.05, 0.1) is 5.57 Å². The lowest BCUT2D eigenvalue weighted by Gasteiger charge is -2.21. The van der Waals surface area contributed by atoms with E-state index in [1.807, 2.05) is 103 Å². The van der Waals surface area contributed by atoms with Gasteiger partial charge in [0.2, 0.25) is 0 Å². The molecule has 4 rings (SSSR count). The molecule has 0 bridgehead atoms. The molecule has 0 radical (unpaired) electrons. The average Bonchev–Trinajstić information content (AvgIpc) is 3.03. The summed E-state index contributed by atoms with van der Waals surface area (Å²) >= 11 is 0. The van der Waals surface area contributed by atoms with Gasteiger partial charge in [0.25, 0.3) is 11.8 Å². The number of rotatable bonds is 6. The van der Waals surface area contributed by atoms with Gasteiger partial charge in [-0.3, -0.25) is 14.5 Å². The fourth-order valence-electron chi connectivity index (χ4n) is 3.61. The Morgan fingerprint density at radius 1 is 0.724 bits per heavy atom. The minimum absolute atomic E-state index is 0.241. The molecule has 0 saturated heterocycles. The number of para-hydroxylation sites is 1. The number of likely N-dealkylation sites (N-methyl/N-ethyl adjacent to an activating group) is 1. The summed E-state index contributed by atoms with van der Waals surface area (Å²) in [7, 11) is 1.83. The van der Waals surface area contributed by atoms with E-state index in [2.05, 4.69) is 0 Å². The van der Waals surface area contributed by atoms with Gasteiger partial charge in [-0.2, -0.15) is 0 Å². The van der Waals surface area contributed by atoms with E-state index in [1.54, 1.807) is 0 Å². The van der Waals surface area contributed by atoms with Crippen LogP contribution in [0.4, 0.5) is 5.69 Å². The molecule has 144 valence electrons. The van der Waals surface area contributed by atoms with Crippen LogP contribution in [0, 0.1) is 0 Å². The van der Waals surface area contributed by atoms with Crippen molar-refractivity contribution >= 4 is 23.1 Å². The van der Waals surface area contributed by atoms with Crippen molar-refractivity contribution in [2.45, 2.75) is 6.42 Å². The summed E-state index contributed by atoms with van der Waals surface area (Å²) < 4.78 is 0. The number of carbonyl (C=O) groups is 2. The third-order valence-electron chi connectivity index (χ3n) is 5.15. The first-order chi connectivity index (χ1) is 14.2. The van der Waals surface area contributed by atoms with Gasteiger partial charge in [-0.05, 0) is 29.7 Å². The molecule has 4 nitrogen and oxygen atoms in total. The maximum Gasteiger partial charge on any atom is 0.278 e. The summed E-state index contributed by atoms with van der Waals surface area (Å²) in [5.74, 6) is -0.494. The number of hydrogen-bond acceptors (Lipinski definition) is 3. The lowest BCUT2D eigenvalue weighted by atomic mass is 10.0. The van der Waals surface area contributed by atoms with Gasteiger partial charge >= 0.3 is 0 Å². The highest BCUT2D eigenvalue weighted by molar-refractivity contribution is 6.36. The molecule has 1 heterocycles. The summed E-state index contributed by atoms with van der Waals surface area (Å²) in [4.78, 5) is 29.8. The first-order valence-electron chi connectivity index (χ1n) is 9.65. The molecule has 1 aliphatic rings. The molecule has 0 saturated carbocycles. The Hall–Kier alpha value is -3.66. The van der Waals surface area contributed by atoms with E-state index in [9.17, 15) is 9.59 Å². The first-order valence-corrected chi connectivity index (χ1v) is 9.65. The maximum atomic E-state index is 13.3. The van der Waals surface area contributed by atoms with Gasteiger partial charge < -0.3 is 4.90 Å². The van der Waals surface area contributed by atoms with Crippen LogP contribution in [0.15, 0.2) is 96.7 Å². The molecule has 0 unspecified atom stereocenters. The first kappa shape index (κ1) is 18.7. The SMILES string of the molecule is CN(C1=C(c2ccccc2)C(=O)N(CCc2ccccc2)C1=O)c1ccccc1. The Morgan fingerprint density at radius 2 is 1.28 bits per heavy atom. The molecule has 0 N–H and O–H groups in total. The van der Waals surface area contributed by atoms with Gasteiger partial charge in [0.1, 0.15) is 5.70 Å². The van der Waals surface area contributed by atoms with Crippen molar-refractivity contribution in [1.82, 2.24) is 4.90 Å². The molecule has 3 aromatic rings. The Bertz CT molecular complexity index is 1040. The molecule has 0 atom stereocenters. The van der Waals surface area contributed by atoms with Crippen molar-refractivity contribution in [2.24, 2.45) is 0 Å². The van der Waals surface area contributed by atoms with Gasteiger partial charge in [0, 0.05) is 19.3 Å². The molecular weight excluding hydrogens is 360 g/mol. The second-order valence-corrected chi connectivity index (χ2v) is 6.98. The largest absolute Gasteiger partial charge is 0.339 e. The average molecular weight is 382 g/mol. The minimum Gasteiger partial charge on any atom is -0.339 e. The van der Waals surface area contributed by atoms with Crippen molar-refractivity contribution in [3.05, 3.63) is 108 Å². The molecule has 2 amide bonds. The van der Waals surface area contributed by atoms with Crippen LogP contribution in [0.3, 0.4) is 0 Å². The zero-order valence-corrected chi connectivity index (χ0v) is 16.3.